The van der Waals surface area contributed by atoms with E-state index in [4.69, 9.17) is 0 Å². The summed E-state index contributed by atoms with van der Waals surface area (Å²) in [4.78, 5) is 14.3. The molecule has 1 aromatic carbocycles. The molecule has 0 bridgehead atoms. The fourth-order valence-electron chi connectivity index (χ4n) is 4.16. The summed E-state index contributed by atoms with van der Waals surface area (Å²) in [7, 11) is 0. The van der Waals surface area contributed by atoms with Crippen LogP contribution < -0.4 is 5.32 Å². The third-order valence-electron chi connectivity index (χ3n) is 5.79. The molecule has 2 aliphatic rings. The average molecular weight is 433 g/mol. The van der Waals surface area contributed by atoms with E-state index in [2.05, 4.69) is 10.4 Å². The molecule has 0 aliphatic carbocycles. The first-order valence-electron chi connectivity index (χ1n) is 9.21. The number of hydrogen-bond acceptors (Lipinski definition) is 3. The molecule has 29 heavy (non-hydrogen) atoms. The average Bonchev–Trinajstić information content (AvgIpc) is 3.29. The van der Waals surface area contributed by atoms with Gasteiger partial charge < -0.3 is 10.2 Å². The number of piperidine rings is 1. The third kappa shape index (κ3) is 3.98. The molecule has 2 aromatic rings. The van der Waals surface area contributed by atoms with Crippen molar-refractivity contribution in [3.63, 3.8) is 0 Å². The minimum atomic E-state index is -4.85. The van der Waals surface area contributed by atoms with E-state index in [1.54, 1.807) is 0 Å². The number of nitrogens with zero attached hydrogens (tertiary/aromatic N) is 3. The molecule has 2 aliphatic heterocycles. The van der Waals surface area contributed by atoms with Crippen molar-refractivity contribution in [1.82, 2.24) is 20.0 Å². The van der Waals surface area contributed by atoms with Crippen LogP contribution in [0.5, 0.6) is 0 Å². The highest BCUT2D eigenvalue weighted by Crippen LogP contribution is 2.39. The molecule has 2 fully saturated rings. The zero-order chi connectivity index (χ0) is 19.9. The van der Waals surface area contributed by atoms with E-state index in [0.717, 1.165) is 44.6 Å². The number of rotatable bonds is 2. The zero-order valence-electron chi connectivity index (χ0n) is 15.5. The van der Waals surface area contributed by atoms with Crippen LogP contribution in [0.1, 0.15) is 35.3 Å². The van der Waals surface area contributed by atoms with Gasteiger partial charge in [-0.05, 0) is 43.4 Å². The number of carbonyl (C=O) groups is 1. The molecular weight excluding hydrogens is 412 g/mol. The monoisotopic (exact) mass is 432 g/mol. The predicted octanol–water partition coefficient (Wildman–Crippen LogP) is 3.67. The second-order valence-electron chi connectivity index (χ2n) is 7.49. The number of likely N-dealkylation sites (tertiary alicyclic amines) is 1. The lowest BCUT2D eigenvalue weighted by Crippen LogP contribution is -2.44. The van der Waals surface area contributed by atoms with Crippen LogP contribution in [-0.4, -0.2) is 46.8 Å². The number of halogens is 5. The van der Waals surface area contributed by atoms with Gasteiger partial charge in [0.05, 0.1) is 11.8 Å². The summed E-state index contributed by atoms with van der Waals surface area (Å²) < 4.78 is 55.8. The van der Waals surface area contributed by atoms with Crippen LogP contribution in [0.4, 0.5) is 17.6 Å². The van der Waals surface area contributed by atoms with Crippen molar-refractivity contribution < 1.29 is 22.4 Å². The zero-order valence-corrected chi connectivity index (χ0v) is 16.3. The summed E-state index contributed by atoms with van der Waals surface area (Å²) in [6, 6.07) is 5.05. The SMILES string of the molecule is Cl.O=C(c1cnn(-c2ccccc2F)c1C(F)(F)F)N1CCC2(CCNC2)CC1. The van der Waals surface area contributed by atoms with E-state index in [1.807, 2.05) is 0 Å². The van der Waals surface area contributed by atoms with Crippen molar-refractivity contribution in [1.29, 1.82) is 0 Å². The number of hydrogen-bond donors (Lipinski definition) is 1. The Labute approximate surface area is 171 Å². The summed E-state index contributed by atoms with van der Waals surface area (Å²) in [5, 5.41) is 7.01. The van der Waals surface area contributed by atoms with Gasteiger partial charge in [0, 0.05) is 19.6 Å². The number of aromatic nitrogens is 2. The van der Waals surface area contributed by atoms with Crippen LogP contribution in [0, 0.1) is 11.2 Å². The van der Waals surface area contributed by atoms with E-state index in [-0.39, 0.29) is 23.5 Å². The topological polar surface area (TPSA) is 50.2 Å². The van der Waals surface area contributed by atoms with Crippen molar-refractivity contribution in [2.75, 3.05) is 26.2 Å². The quantitative estimate of drug-likeness (QED) is 0.737. The minimum Gasteiger partial charge on any atom is -0.338 e. The molecule has 158 valence electrons. The Bertz CT molecular complexity index is 883. The number of para-hydroxylation sites is 1. The molecule has 1 spiro atoms. The van der Waals surface area contributed by atoms with E-state index in [9.17, 15) is 22.4 Å². The predicted molar refractivity (Wildman–Crippen MR) is 101 cm³/mol. The fraction of sp³-hybridized carbons (Fsp3) is 0.474. The minimum absolute atomic E-state index is 0. The van der Waals surface area contributed by atoms with Gasteiger partial charge in [0.2, 0.25) is 0 Å². The number of alkyl halides is 3. The van der Waals surface area contributed by atoms with Crippen molar-refractivity contribution in [2.24, 2.45) is 5.41 Å². The highest BCUT2D eigenvalue weighted by Gasteiger charge is 2.43. The normalized spacial score (nSPS) is 18.7. The van der Waals surface area contributed by atoms with Crippen LogP contribution in [0.3, 0.4) is 0 Å². The lowest BCUT2D eigenvalue weighted by atomic mass is 9.78. The van der Waals surface area contributed by atoms with Gasteiger partial charge in [-0.2, -0.15) is 18.3 Å². The van der Waals surface area contributed by atoms with Gasteiger partial charge in [0.15, 0.2) is 5.69 Å². The Morgan fingerprint density at radius 2 is 1.83 bits per heavy atom. The summed E-state index contributed by atoms with van der Waals surface area (Å²) in [5.74, 6) is -1.56. The Kier molecular flexibility index (Phi) is 5.91. The molecule has 1 N–H and O–H groups in total. The second kappa shape index (κ2) is 7.95. The Balaban J connectivity index is 0.00000240. The molecule has 2 saturated heterocycles. The number of amides is 1. The molecule has 10 heteroatoms. The van der Waals surface area contributed by atoms with E-state index in [0.29, 0.717) is 17.8 Å². The standard InChI is InChI=1S/C19H20F4N4O.ClH/c20-14-3-1-2-4-15(14)27-16(19(21,22)23)13(11-25-27)17(28)26-9-6-18(7-10-26)5-8-24-12-18;/h1-4,11,24H,5-10,12H2;1H. The van der Waals surface area contributed by atoms with Crippen molar-refractivity contribution in [3.05, 3.63) is 47.5 Å². The highest BCUT2D eigenvalue weighted by molar-refractivity contribution is 5.95. The van der Waals surface area contributed by atoms with E-state index < -0.39 is 29.2 Å². The van der Waals surface area contributed by atoms with Crippen LogP contribution in [0.2, 0.25) is 0 Å². The maximum Gasteiger partial charge on any atom is 0.434 e. The Hall–Kier alpha value is -2.13. The van der Waals surface area contributed by atoms with Gasteiger partial charge in [0.1, 0.15) is 11.5 Å². The number of carbonyl (C=O) groups excluding carboxylic acids is 1. The van der Waals surface area contributed by atoms with Crippen LogP contribution in [-0.2, 0) is 6.18 Å². The van der Waals surface area contributed by atoms with E-state index >= 15 is 0 Å². The first-order chi connectivity index (χ1) is 13.3. The van der Waals surface area contributed by atoms with Gasteiger partial charge in [-0.25, -0.2) is 9.07 Å². The van der Waals surface area contributed by atoms with Gasteiger partial charge in [0.25, 0.3) is 5.91 Å². The lowest BCUT2D eigenvalue weighted by molar-refractivity contribution is -0.143. The molecule has 0 saturated carbocycles. The van der Waals surface area contributed by atoms with Crippen molar-refractivity contribution >= 4 is 18.3 Å². The molecule has 0 atom stereocenters. The lowest BCUT2D eigenvalue weighted by Gasteiger charge is -2.38. The molecule has 1 amide bonds. The molecular formula is C19H21ClF4N4O. The van der Waals surface area contributed by atoms with Crippen molar-refractivity contribution in [2.45, 2.75) is 25.4 Å². The third-order valence-corrected chi connectivity index (χ3v) is 5.79. The molecule has 5 nitrogen and oxygen atoms in total. The number of nitrogens with one attached hydrogen (secondary N) is 1. The molecule has 0 unspecified atom stereocenters. The molecule has 1 aromatic heterocycles. The largest absolute Gasteiger partial charge is 0.434 e. The van der Waals surface area contributed by atoms with E-state index in [1.165, 1.54) is 23.1 Å². The molecule has 4 rings (SSSR count). The molecule has 3 heterocycles. The Morgan fingerprint density at radius 3 is 2.41 bits per heavy atom. The summed E-state index contributed by atoms with van der Waals surface area (Å²) in [6.45, 7) is 2.63. The first kappa shape index (κ1) is 21.6. The van der Waals surface area contributed by atoms with Gasteiger partial charge >= 0.3 is 6.18 Å². The second-order valence-corrected chi connectivity index (χ2v) is 7.49. The summed E-state index contributed by atoms with van der Waals surface area (Å²) in [5.41, 5.74) is -1.99. The Morgan fingerprint density at radius 1 is 1.14 bits per heavy atom. The maximum atomic E-state index is 14.0. The van der Waals surface area contributed by atoms with Crippen LogP contribution in [0.15, 0.2) is 30.5 Å². The first-order valence-corrected chi connectivity index (χ1v) is 9.21. The van der Waals surface area contributed by atoms with Crippen molar-refractivity contribution in [3.8, 4) is 5.69 Å². The summed E-state index contributed by atoms with van der Waals surface area (Å²) >= 11 is 0. The summed E-state index contributed by atoms with van der Waals surface area (Å²) in [6.07, 6.45) is -1.42. The molecule has 0 radical (unpaired) electrons. The van der Waals surface area contributed by atoms with Gasteiger partial charge in [-0.1, -0.05) is 12.1 Å². The van der Waals surface area contributed by atoms with Gasteiger partial charge in [-0.15, -0.1) is 12.4 Å². The van der Waals surface area contributed by atoms with Gasteiger partial charge in [-0.3, -0.25) is 4.79 Å². The van der Waals surface area contributed by atoms with Crippen LogP contribution in [0.25, 0.3) is 5.69 Å². The fourth-order valence-corrected chi connectivity index (χ4v) is 4.16. The number of benzene rings is 1. The highest BCUT2D eigenvalue weighted by atomic mass is 35.5. The maximum absolute atomic E-state index is 14.0. The smallest absolute Gasteiger partial charge is 0.338 e. The van der Waals surface area contributed by atoms with Crippen LogP contribution >= 0.6 is 12.4 Å².